The molecule has 34 heavy (non-hydrogen) atoms. The molecule has 1 aliphatic heterocycles. The molecule has 2 aliphatic rings. The minimum Gasteiger partial charge on any atom is -0.494 e. The number of nitrogens with one attached hydrogen (secondary N) is 2. The largest absolute Gasteiger partial charge is 0.494 e. The lowest BCUT2D eigenvalue weighted by Crippen LogP contribution is -2.33. The highest BCUT2D eigenvalue weighted by Crippen LogP contribution is 2.34. The van der Waals surface area contributed by atoms with Crippen LogP contribution in [-0.2, 0) is 10.0 Å². The molecule has 2 aromatic heterocycles. The number of nitrogens with zero attached hydrogens (tertiary/aromatic N) is 4. The van der Waals surface area contributed by atoms with Gasteiger partial charge in [0.05, 0.1) is 29.0 Å². The van der Waals surface area contributed by atoms with Gasteiger partial charge in [0.1, 0.15) is 16.6 Å². The lowest BCUT2D eigenvalue weighted by molar-refractivity contribution is 0.237. The van der Waals surface area contributed by atoms with Crippen molar-refractivity contribution in [2.75, 3.05) is 43.3 Å². The highest BCUT2D eigenvalue weighted by Gasteiger charge is 2.35. The molecule has 0 radical (unpaired) electrons. The summed E-state index contributed by atoms with van der Waals surface area (Å²) in [7, 11) is -1.81. The number of rotatable bonds is 9. The van der Waals surface area contributed by atoms with Gasteiger partial charge < -0.3 is 15.0 Å². The molecular weight excluding hydrogens is 476 g/mol. The van der Waals surface area contributed by atoms with Crippen LogP contribution >= 0.6 is 11.6 Å². The molecular formula is C23H29ClN6O3S. The molecule has 0 atom stereocenters. The van der Waals surface area contributed by atoms with Crippen molar-refractivity contribution in [3.63, 3.8) is 0 Å². The predicted molar refractivity (Wildman–Crippen MR) is 135 cm³/mol. The summed E-state index contributed by atoms with van der Waals surface area (Å²) in [4.78, 5) is 6.71. The van der Waals surface area contributed by atoms with Gasteiger partial charge in [-0.25, -0.2) is 18.1 Å². The Hall–Kier alpha value is -2.56. The standard InChI is InChI=1S/C23H29ClN6O3S/c1-33-21-13-16(28-34(31,32)17-6-7-17)5-8-19(21)30-20-14-22(24)26-15-18(20)23(27-30)25-9-12-29-10-3-2-4-11-29/h5,8,13-15,17,28H,2-4,6-7,9-12H2,1H3,(H,25,27). The maximum atomic E-state index is 12.3. The molecule has 1 saturated heterocycles. The van der Waals surface area contributed by atoms with E-state index < -0.39 is 10.0 Å². The van der Waals surface area contributed by atoms with Crippen molar-refractivity contribution < 1.29 is 13.2 Å². The van der Waals surface area contributed by atoms with Gasteiger partial charge in [0, 0.05) is 31.4 Å². The minimum atomic E-state index is -3.37. The number of hydrogen-bond acceptors (Lipinski definition) is 7. The second kappa shape index (κ2) is 9.59. The van der Waals surface area contributed by atoms with Gasteiger partial charge in [-0.3, -0.25) is 4.72 Å². The Morgan fingerprint density at radius 2 is 1.97 bits per heavy atom. The maximum Gasteiger partial charge on any atom is 0.235 e. The average Bonchev–Trinajstić information content (AvgIpc) is 3.64. The molecule has 182 valence electrons. The molecule has 9 nitrogen and oxygen atoms in total. The number of anilines is 2. The van der Waals surface area contributed by atoms with Gasteiger partial charge in [0.25, 0.3) is 0 Å². The third-order valence-corrected chi connectivity index (χ3v) is 8.41. The molecule has 0 bridgehead atoms. The molecule has 5 rings (SSSR count). The van der Waals surface area contributed by atoms with Crippen molar-refractivity contribution in [1.82, 2.24) is 19.7 Å². The van der Waals surface area contributed by atoms with E-state index in [9.17, 15) is 8.42 Å². The summed E-state index contributed by atoms with van der Waals surface area (Å²) in [5.41, 5.74) is 1.92. The molecule has 3 aromatic rings. The molecule has 1 saturated carbocycles. The van der Waals surface area contributed by atoms with Gasteiger partial charge in [0.15, 0.2) is 5.82 Å². The Balaban J connectivity index is 1.43. The van der Waals surface area contributed by atoms with Crippen molar-refractivity contribution >= 4 is 44.0 Å². The van der Waals surface area contributed by atoms with Gasteiger partial charge in [-0.15, -0.1) is 5.10 Å². The van der Waals surface area contributed by atoms with Gasteiger partial charge >= 0.3 is 0 Å². The van der Waals surface area contributed by atoms with Gasteiger partial charge in [-0.1, -0.05) is 18.0 Å². The molecule has 3 heterocycles. The van der Waals surface area contributed by atoms with Crippen molar-refractivity contribution in [2.45, 2.75) is 37.4 Å². The Labute approximate surface area is 204 Å². The SMILES string of the molecule is COc1cc(NS(=O)(=O)C2CC2)ccc1-n1nc(NCCN2CCCCC2)c2cnc(Cl)cc21. The quantitative estimate of drug-likeness (QED) is 0.426. The third kappa shape index (κ3) is 4.94. The highest BCUT2D eigenvalue weighted by molar-refractivity contribution is 7.93. The molecule has 2 fully saturated rings. The smallest absolute Gasteiger partial charge is 0.235 e. The summed E-state index contributed by atoms with van der Waals surface area (Å²) < 4.78 is 34.7. The molecule has 1 aliphatic carbocycles. The number of methoxy groups -OCH3 is 1. The second-order valence-electron chi connectivity index (χ2n) is 8.85. The van der Waals surface area contributed by atoms with Gasteiger partial charge in [0.2, 0.25) is 10.0 Å². The molecule has 1 aromatic carbocycles. The van der Waals surface area contributed by atoms with E-state index in [0.29, 0.717) is 35.1 Å². The summed E-state index contributed by atoms with van der Waals surface area (Å²) in [6.07, 6.45) is 6.94. The topological polar surface area (TPSA) is 101 Å². The first-order valence-corrected chi connectivity index (χ1v) is 13.6. The van der Waals surface area contributed by atoms with Crippen LogP contribution in [0.1, 0.15) is 32.1 Å². The van der Waals surface area contributed by atoms with E-state index in [1.165, 1.54) is 19.3 Å². The van der Waals surface area contributed by atoms with Crippen LogP contribution in [0.25, 0.3) is 16.6 Å². The third-order valence-electron chi connectivity index (χ3n) is 6.33. The Morgan fingerprint density at radius 1 is 1.18 bits per heavy atom. The van der Waals surface area contributed by atoms with E-state index in [1.54, 1.807) is 42.3 Å². The first kappa shape index (κ1) is 23.2. The fourth-order valence-electron chi connectivity index (χ4n) is 4.36. The number of aromatic nitrogens is 3. The molecule has 11 heteroatoms. The van der Waals surface area contributed by atoms with Crippen LogP contribution in [0.4, 0.5) is 11.5 Å². The van der Waals surface area contributed by atoms with Crippen LogP contribution in [0.15, 0.2) is 30.5 Å². The minimum absolute atomic E-state index is 0.304. The van der Waals surface area contributed by atoms with Gasteiger partial charge in [-0.05, 0) is 50.9 Å². The number of ether oxygens (including phenoxy) is 1. The fraction of sp³-hybridized carbons (Fsp3) is 0.478. The van der Waals surface area contributed by atoms with Crippen LogP contribution in [0.3, 0.4) is 0 Å². The van der Waals surface area contributed by atoms with E-state index >= 15 is 0 Å². The van der Waals surface area contributed by atoms with Crippen LogP contribution in [-0.4, -0.2) is 66.6 Å². The summed E-state index contributed by atoms with van der Waals surface area (Å²) in [6.45, 7) is 4.01. The summed E-state index contributed by atoms with van der Waals surface area (Å²) in [5.74, 6) is 1.21. The number of sulfonamides is 1. The summed E-state index contributed by atoms with van der Waals surface area (Å²) in [6, 6.07) is 6.96. The van der Waals surface area contributed by atoms with Crippen LogP contribution < -0.4 is 14.8 Å². The zero-order valence-corrected chi connectivity index (χ0v) is 20.7. The summed E-state index contributed by atoms with van der Waals surface area (Å²) in [5, 5.41) is 9.17. The number of fused-ring (bicyclic) bond motifs is 1. The fourth-order valence-corrected chi connectivity index (χ4v) is 5.89. The number of benzene rings is 1. The molecule has 0 amide bonds. The van der Waals surface area contributed by atoms with E-state index in [4.69, 9.17) is 21.4 Å². The number of pyridine rings is 1. The number of likely N-dealkylation sites (tertiary alicyclic amines) is 1. The van der Waals surface area contributed by atoms with Crippen molar-refractivity contribution in [2.24, 2.45) is 0 Å². The Bertz CT molecular complexity index is 1290. The van der Waals surface area contributed by atoms with E-state index in [-0.39, 0.29) is 5.25 Å². The Kier molecular flexibility index (Phi) is 6.54. The van der Waals surface area contributed by atoms with E-state index in [1.807, 2.05) is 0 Å². The van der Waals surface area contributed by atoms with Crippen LogP contribution in [0.2, 0.25) is 5.15 Å². The zero-order chi connectivity index (χ0) is 23.7. The summed E-state index contributed by atoms with van der Waals surface area (Å²) >= 11 is 6.21. The first-order valence-electron chi connectivity index (χ1n) is 11.6. The van der Waals surface area contributed by atoms with Gasteiger partial charge in [-0.2, -0.15) is 0 Å². The average molecular weight is 505 g/mol. The van der Waals surface area contributed by atoms with E-state index in [2.05, 4.69) is 19.9 Å². The molecule has 0 unspecified atom stereocenters. The maximum absolute atomic E-state index is 12.3. The normalized spacial score (nSPS) is 17.1. The lowest BCUT2D eigenvalue weighted by Gasteiger charge is -2.26. The Morgan fingerprint density at radius 3 is 2.71 bits per heavy atom. The molecule has 0 spiro atoms. The lowest BCUT2D eigenvalue weighted by atomic mass is 10.1. The van der Waals surface area contributed by atoms with Crippen LogP contribution in [0, 0.1) is 0 Å². The monoisotopic (exact) mass is 504 g/mol. The highest BCUT2D eigenvalue weighted by atomic mass is 35.5. The molecule has 2 N–H and O–H groups in total. The zero-order valence-electron chi connectivity index (χ0n) is 19.1. The second-order valence-corrected chi connectivity index (χ2v) is 11.2. The number of halogens is 1. The van der Waals surface area contributed by atoms with Crippen LogP contribution in [0.5, 0.6) is 5.75 Å². The number of hydrogen-bond donors (Lipinski definition) is 2. The predicted octanol–water partition coefficient (Wildman–Crippen LogP) is 3.88. The first-order chi connectivity index (χ1) is 16.4. The number of piperidine rings is 1. The van der Waals surface area contributed by atoms with E-state index in [0.717, 1.165) is 42.9 Å². The van der Waals surface area contributed by atoms with Crippen molar-refractivity contribution in [1.29, 1.82) is 0 Å². The van der Waals surface area contributed by atoms with Crippen molar-refractivity contribution in [3.8, 4) is 11.4 Å². The van der Waals surface area contributed by atoms with Crippen molar-refractivity contribution in [3.05, 3.63) is 35.6 Å².